The van der Waals surface area contributed by atoms with Crippen LogP contribution >= 0.6 is 0 Å². The van der Waals surface area contributed by atoms with Crippen molar-refractivity contribution in [1.82, 2.24) is 9.97 Å². The molecule has 0 fully saturated rings. The van der Waals surface area contributed by atoms with E-state index in [-0.39, 0.29) is 14.1 Å². The number of nitrogens with zero attached hydrogens (tertiary/aromatic N) is 2. The number of aromatic nitrogens is 2. The Morgan fingerprint density at radius 3 is 2.27 bits per heavy atom. The molecule has 1 rings (SSSR count). The fourth-order valence-electron chi connectivity index (χ4n) is 0.828. The highest BCUT2D eigenvalue weighted by Gasteiger charge is 2.18. The molecular formula is C10H14BN2O2. The van der Waals surface area contributed by atoms with Crippen LogP contribution in [-0.4, -0.2) is 30.0 Å². The largest absolute Gasteiger partial charge is 0.455 e. The molecule has 1 heterocycles. The van der Waals surface area contributed by atoms with Crippen LogP contribution in [0.3, 0.4) is 0 Å². The normalized spacial score (nSPS) is 10.4. The van der Waals surface area contributed by atoms with Gasteiger partial charge >= 0.3 is 5.97 Å². The van der Waals surface area contributed by atoms with Gasteiger partial charge in [-0.15, -0.1) is 0 Å². The molecule has 0 saturated heterocycles. The van der Waals surface area contributed by atoms with Crippen LogP contribution < -0.4 is 0 Å². The molecule has 0 atom stereocenters. The molecule has 0 aliphatic rings. The number of hydrogen-bond acceptors (Lipinski definition) is 4. The van der Waals surface area contributed by atoms with E-state index >= 15 is 0 Å². The molecule has 79 valence electrons. The van der Waals surface area contributed by atoms with Gasteiger partial charge in [-0.3, -0.25) is 4.98 Å². The van der Waals surface area contributed by atoms with Crippen LogP contribution in [0.4, 0.5) is 0 Å². The van der Waals surface area contributed by atoms with Gasteiger partial charge in [-0.05, 0) is 27.7 Å². The number of carbonyl (C=O) groups excluding carboxylic acids is 1. The van der Waals surface area contributed by atoms with Gasteiger partial charge in [0.05, 0.1) is 11.9 Å². The van der Waals surface area contributed by atoms with Crippen molar-refractivity contribution < 1.29 is 9.53 Å². The lowest BCUT2D eigenvalue weighted by molar-refractivity contribution is 0.00623. The number of ether oxygens (including phenoxy) is 1. The summed E-state index contributed by atoms with van der Waals surface area (Å²) in [6.07, 6.45) is 2.96. The average Bonchev–Trinajstić information content (AvgIpc) is 2.02. The first-order valence-electron chi connectivity index (χ1n) is 4.40. The molecule has 0 amide bonds. The van der Waals surface area contributed by atoms with Crippen LogP contribution in [0, 0.1) is 6.92 Å². The second-order valence-corrected chi connectivity index (χ2v) is 4.04. The van der Waals surface area contributed by atoms with Gasteiger partial charge in [-0.2, -0.15) is 0 Å². The van der Waals surface area contributed by atoms with E-state index in [9.17, 15) is 4.79 Å². The van der Waals surface area contributed by atoms with E-state index in [1.807, 2.05) is 27.7 Å². The van der Waals surface area contributed by atoms with Gasteiger partial charge in [0.15, 0.2) is 5.69 Å². The van der Waals surface area contributed by atoms with Gasteiger partial charge in [-0.25, -0.2) is 9.78 Å². The molecule has 15 heavy (non-hydrogen) atoms. The Kier molecular flexibility index (Phi) is 4.46. The zero-order valence-electron chi connectivity index (χ0n) is 9.44. The minimum atomic E-state index is -0.496. The minimum absolute atomic E-state index is 0. The Morgan fingerprint density at radius 1 is 1.27 bits per heavy atom. The number of hydrogen-bond donors (Lipinski definition) is 0. The van der Waals surface area contributed by atoms with Gasteiger partial charge in [0, 0.05) is 14.6 Å². The summed E-state index contributed by atoms with van der Waals surface area (Å²) in [6.45, 7) is 7.25. The molecule has 1 aromatic heterocycles. The lowest BCUT2D eigenvalue weighted by atomic mass is 10.2. The molecular weight excluding hydrogens is 191 g/mol. The molecule has 0 N–H and O–H groups in total. The molecule has 0 aromatic carbocycles. The Hall–Kier alpha value is -1.39. The van der Waals surface area contributed by atoms with Crippen molar-refractivity contribution in [2.75, 3.05) is 0 Å². The van der Waals surface area contributed by atoms with Crippen LogP contribution in [0.15, 0.2) is 12.4 Å². The standard InChI is InChI=1S/C10H14N2O2.B/c1-7-5-12-8(6-11-7)9(13)14-10(2,3)4;/h5-6H,1-4H3;. The van der Waals surface area contributed by atoms with Crippen molar-refractivity contribution in [2.24, 2.45) is 0 Å². The van der Waals surface area contributed by atoms with Crippen LogP contribution in [0.1, 0.15) is 37.0 Å². The highest BCUT2D eigenvalue weighted by molar-refractivity contribution is 5.87. The first-order chi connectivity index (χ1) is 6.38. The Balaban J connectivity index is 0.00000196. The lowest BCUT2D eigenvalue weighted by Crippen LogP contribution is -2.24. The van der Waals surface area contributed by atoms with Gasteiger partial charge in [0.25, 0.3) is 0 Å². The average molecular weight is 205 g/mol. The quantitative estimate of drug-likeness (QED) is 0.513. The van der Waals surface area contributed by atoms with E-state index in [1.54, 1.807) is 6.20 Å². The number of rotatable bonds is 1. The molecule has 4 nitrogen and oxygen atoms in total. The maximum atomic E-state index is 11.4. The fourth-order valence-corrected chi connectivity index (χ4v) is 0.828. The smallest absolute Gasteiger partial charge is 0.359 e. The molecule has 5 heteroatoms. The number of aryl methyl sites for hydroxylation is 1. The highest BCUT2D eigenvalue weighted by Crippen LogP contribution is 2.09. The first kappa shape index (κ1) is 13.6. The SMILES string of the molecule is Cc1cnc(C(=O)OC(C)(C)C)cn1.[B]. The number of carbonyl (C=O) groups is 1. The Bertz CT molecular complexity index is 330. The molecule has 0 aliphatic carbocycles. The van der Waals surface area contributed by atoms with Crippen LogP contribution in [0.25, 0.3) is 0 Å². The third-order valence-electron chi connectivity index (χ3n) is 1.39. The van der Waals surface area contributed by atoms with Crippen LogP contribution in [0.5, 0.6) is 0 Å². The van der Waals surface area contributed by atoms with E-state index in [1.165, 1.54) is 6.20 Å². The third kappa shape index (κ3) is 4.58. The Labute approximate surface area is 91.7 Å². The molecule has 0 spiro atoms. The minimum Gasteiger partial charge on any atom is -0.455 e. The molecule has 0 bridgehead atoms. The number of esters is 1. The van der Waals surface area contributed by atoms with Gasteiger partial charge in [0.2, 0.25) is 0 Å². The lowest BCUT2D eigenvalue weighted by Gasteiger charge is -2.18. The third-order valence-corrected chi connectivity index (χ3v) is 1.39. The molecule has 1 aromatic rings. The van der Waals surface area contributed by atoms with Crippen molar-refractivity contribution in [2.45, 2.75) is 33.3 Å². The summed E-state index contributed by atoms with van der Waals surface area (Å²) in [5.74, 6) is -0.440. The monoisotopic (exact) mass is 205 g/mol. The molecule has 3 radical (unpaired) electrons. The summed E-state index contributed by atoms with van der Waals surface area (Å²) in [7, 11) is 0. The van der Waals surface area contributed by atoms with Crippen LogP contribution in [-0.2, 0) is 4.74 Å². The van der Waals surface area contributed by atoms with E-state index in [2.05, 4.69) is 9.97 Å². The summed E-state index contributed by atoms with van der Waals surface area (Å²) in [4.78, 5) is 19.3. The van der Waals surface area contributed by atoms with E-state index in [4.69, 9.17) is 4.74 Å². The first-order valence-corrected chi connectivity index (χ1v) is 4.40. The van der Waals surface area contributed by atoms with E-state index in [0.29, 0.717) is 0 Å². The predicted octanol–water partition coefficient (Wildman–Crippen LogP) is 1.36. The predicted molar refractivity (Wildman–Crippen MR) is 57.7 cm³/mol. The molecule has 0 aliphatic heterocycles. The van der Waals surface area contributed by atoms with E-state index in [0.717, 1.165) is 5.69 Å². The van der Waals surface area contributed by atoms with Gasteiger partial charge in [-0.1, -0.05) is 0 Å². The van der Waals surface area contributed by atoms with Crippen LogP contribution in [0.2, 0.25) is 0 Å². The second kappa shape index (κ2) is 4.91. The van der Waals surface area contributed by atoms with Crippen molar-refractivity contribution >= 4 is 14.4 Å². The zero-order valence-corrected chi connectivity index (χ0v) is 9.44. The van der Waals surface area contributed by atoms with Crippen molar-refractivity contribution in [3.05, 3.63) is 23.8 Å². The molecule has 0 unspecified atom stereocenters. The van der Waals surface area contributed by atoms with Gasteiger partial charge < -0.3 is 4.74 Å². The fraction of sp³-hybridized carbons (Fsp3) is 0.500. The zero-order chi connectivity index (χ0) is 10.8. The highest BCUT2D eigenvalue weighted by atomic mass is 16.6. The summed E-state index contributed by atoms with van der Waals surface area (Å²) < 4.78 is 5.12. The topological polar surface area (TPSA) is 52.1 Å². The van der Waals surface area contributed by atoms with Crippen molar-refractivity contribution in [1.29, 1.82) is 0 Å². The molecule has 0 saturated carbocycles. The summed E-state index contributed by atoms with van der Waals surface area (Å²) >= 11 is 0. The van der Waals surface area contributed by atoms with Crippen molar-refractivity contribution in [3.8, 4) is 0 Å². The second-order valence-electron chi connectivity index (χ2n) is 4.04. The van der Waals surface area contributed by atoms with E-state index < -0.39 is 11.6 Å². The Morgan fingerprint density at radius 2 is 1.87 bits per heavy atom. The summed E-state index contributed by atoms with van der Waals surface area (Å²) in [6, 6.07) is 0. The van der Waals surface area contributed by atoms with Crippen molar-refractivity contribution in [3.63, 3.8) is 0 Å². The maximum absolute atomic E-state index is 11.4. The maximum Gasteiger partial charge on any atom is 0.359 e. The summed E-state index contributed by atoms with van der Waals surface area (Å²) in [5.41, 5.74) is 0.520. The van der Waals surface area contributed by atoms with Gasteiger partial charge in [0.1, 0.15) is 5.60 Å². The summed E-state index contributed by atoms with van der Waals surface area (Å²) in [5, 5.41) is 0.